The van der Waals surface area contributed by atoms with Gasteiger partial charge in [0, 0.05) is 12.1 Å². The second kappa shape index (κ2) is 4.19. The predicted molar refractivity (Wildman–Crippen MR) is 56.6 cm³/mol. The second-order valence-corrected chi connectivity index (χ2v) is 3.84. The largest absolute Gasteiger partial charge is 0.339 e. The summed E-state index contributed by atoms with van der Waals surface area (Å²) in [6, 6.07) is 5.68. The van der Waals surface area contributed by atoms with Crippen LogP contribution in [0, 0.1) is 11.3 Å². The van der Waals surface area contributed by atoms with Gasteiger partial charge in [0.15, 0.2) is 5.82 Å². The van der Waals surface area contributed by atoms with Crippen LogP contribution in [0.2, 0.25) is 0 Å². The summed E-state index contributed by atoms with van der Waals surface area (Å²) >= 11 is 0. The molecule has 0 atom stereocenters. The third-order valence-electron chi connectivity index (χ3n) is 2.23. The quantitative estimate of drug-likeness (QED) is 0.786. The van der Waals surface area contributed by atoms with Crippen LogP contribution in [-0.2, 0) is 6.54 Å². The minimum Gasteiger partial charge on any atom is -0.339 e. The van der Waals surface area contributed by atoms with Crippen molar-refractivity contribution in [2.45, 2.75) is 26.3 Å². The van der Waals surface area contributed by atoms with Crippen molar-refractivity contribution in [1.29, 1.82) is 5.26 Å². The maximum atomic E-state index is 8.84. The van der Waals surface area contributed by atoms with E-state index in [1.165, 1.54) is 0 Å². The first-order valence-electron chi connectivity index (χ1n) is 5.08. The van der Waals surface area contributed by atoms with Crippen LogP contribution < -0.4 is 0 Å². The smallest absolute Gasteiger partial charge is 0.229 e. The van der Waals surface area contributed by atoms with Gasteiger partial charge in [0.25, 0.3) is 0 Å². The van der Waals surface area contributed by atoms with E-state index in [2.05, 4.69) is 16.2 Å². The maximum Gasteiger partial charge on any atom is 0.229 e. The molecule has 0 fully saturated rings. The van der Waals surface area contributed by atoms with Gasteiger partial charge in [-0.25, -0.2) is 0 Å². The summed E-state index contributed by atoms with van der Waals surface area (Å²) in [6.45, 7) is 4.45. The Morgan fingerprint density at radius 3 is 3.00 bits per heavy atom. The van der Waals surface area contributed by atoms with Gasteiger partial charge in [-0.1, -0.05) is 19.0 Å². The van der Waals surface area contributed by atoms with Gasteiger partial charge in [0.05, 0.1) is 6.54 Å². The molecule has 0 aliphatic rings. The molecule has 2 heterocycles. The molecule has 0 saturated carbocycles. The van der Waals surface area contributed by atoms with Gasteiger partial charge in [-0.15, -0.1) is 0 Å². The highest BCUT2D eigenvalue weighted by molar-refractivity contribution is 5.22. The molecule has 0 aliphatic heterocycles. The van der Waals surface area contributed by atoms with Crippen LogP contribution in [0.5, 0.6) is 0 Å². The highest BCUT2D eigenvalue weighted by Gasteiger charge is 2.10. The van der Waals surface area contributed by atoms with E-state index in [0.29, 0.717) is 24.0 Å². The van der Waals surface area contributed by atoms with E-state index in [9.17, 15) is 0 Å². The zero-order chi connectivity index (χ0) is 11.5. The number of hydrogen-bond donors (Lipinski definition) is 0. The molecule has 2 rings (SSSR count). The van der Waals surface area contributed by atoms with Crippen LogP contribution in [0.25, 0.3) is 0 Å². The number of hydrogen-bond acceptors (Lipinski definition) is 4. The predicted octanol–water partition coefficient (Wildman–Crippen LogP) is 1.91. The Hall–Kier alpha value is -2.09. The lowest BCUT2D eigenvalue weighted by atomic mass is 10.2. The first-order valence-corrected chi connectivity index (χ1v) is 5.08. The molecule has 0 aliphatic carbocycles. The van der Waals surface area contributed by atoms with Crippen LogP contribution in [0.3, 0.4) is 0 Å². The van der Waals surface area contributed by atoms with Crippen molar-refractivity contribution in [2.75, 3.05) is 0 Å². The summed E-state index contributed by atoms with van der Waals surface area (Å²) < 4.78 is 6.88. The van der Waals surface area contributed by atoms with Crippen LogP contribution in [-0.4, -0.2) is 14.7 Å². The van der Waals surface area contributed by atoms with Gasteiger partial charge in [0.2, 0.25) is 5.89 Å². The molecule has 82 valence electrons. The van der Waals surface area contributed by atoms with Crippen molar-refractivity contribution >= 4 is 0 Å². The minimum atomic E-state index is 0.223. The van der Waals surface area contributed by atoms with E-state index in [4.69, 9.17) is 9.78 Å². The number of aromatic nitrogens is 3. The summed E-state index contributed by atoms with van der Waals surface area (Å²) in [4.78, 5) is 4.25. The first kappa shape index (κ1) is 10.4. The highest BCUT2D eigenvalue weighted by Crippen LogP contribution is 2.12. The molecule has 0 saturated heterocycles. The van der Waals surface area contributed by atoms with E-state index < -0.39 is 0 Å². The van der Waals surface area contributed by atoms with Gasteiger partial charge in [-0.05, 0) is 12.1 Å². The van der Waals surface area contributed by atoms with Crippen LogP contribution in [0.4, 0.5) is 0 Å². The monoisotopic (exact) mass is 216 g/mol. The Kier molecular flexibility index (Phi) is 2.73. The number of nitrogens with zero attached hydrogens (tertiary/aromatic N) is 4. The fourth-order valence-corrected chi connectivity index (χ4v) is 1.37. The number of rotatable bonds is 3. The molecule has 0 spiro atoms. The summed E-state index contributed by atoms with van der Waals surface area (Å²) in [5.74, 6) is 1.44. The normalized spacial score (nSPS) is 10.6. The molecule has 0 aromatic carbocycles. The molecule has 0 bridgehead atoms. The molecule has 0 unspecified atom stereocenters. The van der Waals surface area contributed by atoms with E-state index in [-0.39, 0.29) is 5.92 Å². The van der Waals surface area contributed by atoms with Crippen molar-refractivity contribution in [2.24, 2.45) is 0 Å². The molecule has 5 nitrogen and oxygen atoms in total. The van der Waals surface area contributed by atoms with E-state index >= 15 is 0 Å². The van der Waals surface area contributed by atoms with Gasteiger partial charge >= 0.3 is 0 Å². The Bertz CT molecular complexity index is 518. The lowest BCUT2D eigenvalue weighted by Crippen LogP contribution is -2.02. The second-order valence-electron chi connectivity index (χ2n) is 3.84. The zero-order valence-electron chi connectivity index (χ0n) is 9.21. The molecule has 2 aromatic rings. The molecule has 0 radical (unpaired) electrons. The fourth-order valence-electron chi connectivity index (χ4n) is 1.37. The van der Waals surface area contributed by atoms with Crippen molar-refractivity contribution in [1.82, 2.24) is 14.7 Å². The molecule has 0 N–H and O–H groups in total. The van der Waals surface area contributed by atoms with Gasteiger partial charge in [-0.2, -0.15) is 10.2 Å². The molecule has 0 amide bonds. The topological polar surface area (TPSA) is 67.6 Å². The molecule has 5 heteroatoms. The number of nitriles is 1. The van der Waals surface area contributed by atoms with Crippen molar-refractivity contribution in [3.8, 4) is 6.07 Å². The Labute approximate surface area is 93.3 Å². The lowest BCUT2D eigenvalue weighted by molar-refractivity contribution is 0.360. The van der Waals surface area contributed by atoms with Crippen LogP contribution in [0.15, 0.2) is 22.9 Å². The molecular formula is C11H12N4O. The lowest BCUT2D eigenvalue weighted by Gasteiger charge is -1.98. The molecule has 2 aromatic heterocycles. The summed E-state index contributed by atoms with van der Waals surface area (Å²) in [5.41, 5.74) is 0.593. The summed E-state index contributed by atoms with van der Waals surface area (Å²) in [7, 11) is 0. The van der Waals surface area contributed by atoms with E-state index in [1.54, 1.807) is 10.6 Å². The zero-order valence-corrected chi connectivity index (χ0v) is 9.21. The minimum absolute atomic E-state index is 0.223. The SMILES string of the molecule is CC(C)c1nc(Cn2cccc2C#N)no1. The van der Waals surface area contributed by atoms with Crippen LogP contribution >= 0.6 is 0 Å². The standard InChI is InChI=1S/C11H12N4O/c1-8(2)11-13-10(14-16-11)7-15-5-3-4-9(15)6-12/h3-5,8H,7H2,1-2H3. The van der Waals surface area contributed by atoms with E-state index in [0.717, 1.165) is 0 Å². The highest BCUT2D eigenvalue weighted by atomic mass is 16.5. The summed E-state index contributed by atoms with van der Waals surface area (Å²) in [6.07, 6.45) is 1.82. The Morgan fingerprint density at radius 2 is 2.38 bits per heavy atom. The van der Waals surface area contributed by atoms with Gasteiger partial charge < -0.3 is 9.09 Å². The van der Waals surface area contributed by atoms with E-state index in [1.807, 2.05) is 26.1 Å². The fraction of sp³-hybridized carbons (Fsp3) is 0.364. The molecular weight excluding hydrogens is 204 g/mol. The first-order chi connectivity index (χ1) is 7.70. The third-order valence-corrected chi connectivity index (χ3v) is 2.23. The third kappa shape index (κ3) is 1.96. The maximum absolute atomic E-state index is 8.84. The Morgan fingerprint density at radius 1 is 1.56 bits per heavy atom. The van der Waals surface area contributed by atoms with Crippen molar-refractivity contribution in [3.05, 3.63) is 35.7 Å². The van der Waals surface area contributed by atoms with Gasteiger partial charge in [-0.3, -0.25) is 0 Å². The van der Waals surface area contributed by atoms with Gasteiger partial charge in [0.1, 0.15) is 11.8 Å². The molecule has 16 heavy (non-hydrogen) atoms. The van der Waals surface area contributed by atoms with Crippen molar-refractivity contribution in [3.63, 3.8) is 0 Å². The van der Waals surface area contributed by atoms with Crippen molar-refractivity contribution < 1.29 is 4.52 Å². The van der Waals surface area contributed by atoms with Crippen LogP contribution in [0.1, 0.15) is 37.2 Å². The Balaban J connectivity index is 2.18. The summed E-state index contributed by atoms with van der Waals surface area (Å²) in [5, 5.41) is 12.7. The average Bonchev–Trinajstić information content (AvgIpc) is 2.87. The average molecular weight is 216 g/mol.